The van der Waals surface area contributed by atoms with Gasteiger partial charge in [0.25, 0.3) is 5.91 Å². The van der Waals surface area contributed by atoms with Crippen molar-refractivity contribution < 1.29 is 9.53 Å². The molecule has 1 aromatic carbocycles. The van der Waals surface area contributed by atoms with Crippen molar-refractivity contribution in [2.75, 3.05) is 48.4 Å². The summed E-state index contributed by atoms with van der Waals surface area (Å²) in [5, 5.41) is 6.31. The molecule has 3 rings (SSSR count). The van der Waals surface area contributed by atoms with Gasteiger partial charge in [-0.2, -0.15) is 0 Å². The standard InChI is InChI=1S/C18H22N6O2S/c25-17(22-23-18(27)21-14-4-2-1-3-5-14)13-19-15-6-7-16(20-12-15)24-8-10-26-11-9-24/h1-7,12,19H,8-11,13H2,(H,22,25)(H2,21,23,27). The molecule has 0 aliphatic carbocycles. The minimum Gasteiger partial charge on any atom is -0.378 e. The van der Waals surface area contributed by atoms with Crippen LogP contribution < -0.4 is 26.4 Å². The van der Waals surface area contributed by atoms with Crippen LogP contribution in [-0.4, -0.2) is 48.9 Å². The highest BCUT2D eigenvalue weighted by Gasteiger charge is 2.12. The van der Waals surface area contributed by atoms with Gasteiger partial charge in [-0.25, -0.2) is 4.98 Å². The maximum absolute atomic E-state index is 11.9. The predicted octanol–water partition coefficient (Wildman–Crippen LogP) is 1.35. The van der Waals surface area contributed by atoms with Crippen LogP contribution in [0.3, 0.4) is 0 Å². The van der Waals surface area contributed by atoms with Crippen molar-refractivity contribution in [2.24, 2.45) is 0 Å². The van der Waals surface area contributed by atoms with E-state index in [1.54, 1.807) is 6.20 Å². The molecule has 2 heterocycles. The van der Waals surface area contributed by atoms with Gasteiger partial charge < -0.3 is 20.3 Å². The van der Waals surface area contributed by atoms with E-state index < -0.39 is 0 Å². The molecule has 0 atom stereocenters. The number of nitrogens with zero attached hydrogens (tertiary/aromatic N) is 2. The number of pyridine rings is 1. The molecule has 0 unspecified atom stereocenters. The number of aromatic nitrogens is 1. The van der Waals surface area contributed by atoms with E-state index in [-0.39, 0.29) is 12.5 Å². The lowest BCUT2D eigenvalue weighted by Gasteiger charge is -2.27. The van der Waals surface area contributed by atoms with Gasteiger partial charge in [0.2, 0.25) is 0 Å². The number of ether oxygens (including phenoxy) is 1. The Morgan fingerprint density at radius 3 is 2.56 bits per heavy atom. The predicted molar refractivity (Wildman–Crippen MR) is 110 cm³/mol. The highest BCUT2D eigenvalue weighted by atomic mass is 32.1. The molecule has 1 amide bonds. The molecular formula is C18H22N6O2S. The van der Waals surface area contributed by atoms with Crippen LogP contribution in [-0.2, 0) is 9.53 Å². The third kappa shape index (κ3) is 6.08. The minimum absolute atomic E-state index is 0.0968. The van der Waals surface area contributed by atoms with Gasteiger partial charge in [-0.05, 0) is 36.5 Å². The summed E-state index contributed by atoms with van der Waals surface area (Å²) < 4.78 is 5.34. The Kier molecular flexibility index (Phi) is 6.78. The second kappa shape index (κ2) is 9.70. The number of hydrogen-bond acceptors (Lipinski definition) is 6. The summed E-state index contributed by atoms with van der Waals surface area (Å²) in [7, 11) is 0. The Morgan fingerprint density at radius 2 is 1.85 bits per heavy atom. The fourth-order valence-corrected chi connectivity index (χ4v) is 2.68. The van der Waals surface area contributed by atoms with Gasteiger partial charge in [0.15, 0.2) is 5.11 Å². The van der Waals surface area contributed by atoms with Gasteiger partial charge >= 0.3 is 0 Å². The number of carbonyl (C=O) groups is 1. The first-order valence-electron chi connectivity index (χ1n) is 8.64. The van der Waals surface area contributed by atoms with E-state index in [0.717, 1.165) is 43.5 Å². The van der Waals surface area contributed by atoms with Crippen molar-refractivity contribution in [1.29, 1.82) is 0 Å². The van der Waals surface area contributed by atoms with E-state index in [1.165, 1.54) is 0 Å². The number of carbonyl (C=O) groups excluding carboxylic acids is 1. The molecule has 0 saturated carbocycles. The fourth-order valence-electron chi connectivity index (χ4n) is 2.51. The quantitative estimate of drug-likeness (QED) is 0.452. The molecule has 4 N–H and O–H groups in total. The number of amides is 1. The smallest absolute Gasteiger partial charge is 0.257 e. The third-order valence-corrected chi connectivity index (χ3v) is 4.09. The molecule has 27 heavy (non-hydrogen) atoms. The van der Waals surface area contributed by atoms with Crippen LogP contribution in [0.4, 0.5) is 17.2 Å². The Bertz CT molecular complexity index is 750. The van der Waals surface area contributed by atoms with Gasteiger partial charge in [0.05, 0.1) is 31.6 Å². The number of hydrazine groups is 1. The van der Waals surface area contributed by atoms with Gasteiger partial charge in [0, 0.05) is 18.8 Å². The second-order valence-corrected chi connectivity index (χ2v) is 6.26. The average molecular weight is 386 g/mol. The van der Waals surface area contributed by atoms with Gasteiger partial charge in [0.1, 0.15) is 5.82 Å². The molecule has 142 valence electrons. The van der Waals surface area contributed by atoms with Crippen LogP contribution >= 0.6 is 12.2 Å². The van der Waals surface area contributed by atoms with Crippen molar-refractivity contribution in [3.63, 3.8) is 0 Å². The topological polar surface area (TPSA) is 90.6 Å². The summed E-state index contributed by atoms with van der Waals surface area (Å²) in [6, 6.07) is 13.3. The number of rotatable bonds is 5. The van der Waals surface area contributed by atoms with Crippen molar-refractivity contribution in [3.05, 3.63) is 48.7 Å². The van der Waals surface area contributed by atoms with Gasteiger partial charge in [-0.1, -0.05) is 18.2 Å². The number of para-hydroxylation sites is 1. The first kappa shape index (κ1) is 18.9. The first-order chi connectivity index (χ1) is 13.2. The molecule has 1 saturated heterocycles. The maximum Gasteiger partial charge on any atom is 0.257 e. The molecule has 9 heteroatoms. The summed E-state index contributed by atoms with van der Waals surface area (Å²) in [6.07, 6.45) is 1.72. The Hall–Kier alpha value is -2.91. The Morgan fingerprint density at radius 1 is 1.07 bits per heavy atom. The fraction of sp³-hybridized carbons (Fsp3) is 0.278. The molecule has 1 aliphatic heterocycles. The monoisotopic (exact) mass is 386 g/mol. The normalized spacial score (nSPS) is 13.6. The Labute approximate surface area is 163 Å². The van der Waals surface area contributed by atoms with Crippen molar-refractivity contribution in [2.45, 2.75) is 0 Å². The molecular weight excluding hydrogens is 364 g/mol. The van der Waals surface area contributed by atoms with Crippen LogP contribution in [0.2, 0.25) is 0 Å². The Balaban J connectivity index is 1.38. The summed E-state index contributed by atoms with van der Waals surface area (Å²) in [6.45, 7) is 3.21. The molecule has 0 bridgehead atoms. The molecule has 2 aromatic rings. The number of anilines is 3. The molecule has 0 radical (unpaired) electrons. The summed E-state index contributed by atoms with van der Waals surface area (Å²) >= 11 is 5.13. The SMILES string of the molecule is O=C(CNc1ccc(N2CCOCC2)nc1)NNC(=S)Nc1ccccc1. The van der Waals surface area contributed by atoms with Crippen molar-refractivity contribution in [1.82, 2.24) is 15.8 Å². The van der Waals surface area contributed by atoms with E-state index in [2.05, 4.69) is 31.4 Å². The molecule has 0 spiro atoms. The number of thiocarbonyl (C=S) groups is 1. The lowest BCUT2D eigenvalue weighted by atomic mass is 10.3. The van der Waals surface area contributed by atoms with Crippen molar-refractivity contribution >= 4 is 40.4 Å². The largest absolute Gasteiger partial charge is 0.378 e. The summed E-state index contributed by atoms with van der Waals surface area (Å²) in [5.74, 6) is 0.664. The molecule has 1 aromatic heterocycles. The highest BCUT2D eigenvalue weighted by molar-refractivity contribution is 7.80. The minimum atomic E-state index is -0.246. The summed E-state index contributed by atoms with van der Waals surface area (Å²) in [5.41, 5.74) is 6.82. The van der Waals surface area contributed by atoms with Crippen LogP contribution in [0.5, 0.6) is 0 Å². The zero-order chi connectivity index (χ0) is 18.9. The van der Waals surface area contributed by atoms with Crippen LogP contribution in [0.25, 0.3) is 0 Å². The van der Waals surface area contributed by atoms with Crippen LogP contribution in [0.15, 0.2) is 48.7 Å². The molecule has 1 fully saturated rings. The van der Waals surface area contributed by atoms with E-state index in [4.69, 9.17) is 17.0 Å². The summed E-state index contributed by atoms with van der Waals surface area (Å²) in [4.78, 5) is 18.5. The maximum atomic E-state index is 11.9. The van der Waals surface area contributed by atoms with E-state index in [9.17, 15) is 4.79 Å². The van der Waals surface area contributed by atoms with E-state index in [1.807, 2.05) is 42.5 Å². The van der Waals surface area contributed by atoms with Crippen molar-refractivity contribution in [3.8, 4) is 0 Å². The lowest BCUT2D eigenvalue weighted by molar-refractivity contribution is -0.119. The second-order valence-electron chi connectivity index (χ2n) is 5.85. The number of hydrogen-bond donors (Lipinski definition) is 4. The third-order valence-electron chi connectivity index (χ3n) is 3.88. The van der Waals surface area contributed by atoms with Crippen LogP contribution in [0, 0.1) is 0 Å². The van der Waals surface area contributed by atoms with Gasteiger partial charge in [-0.15, -0.1) is 0 Å². The first-order valence-corrected chi connectivity index (χ1v) is 9.05. The highest BCUT2D eigenvalue weighted by Crippen LogP contribution is 2.15. The molecule has 8 nitrogen and oxygen atoms in total. The molecule has 1 aliphatic rings. The zero-order valence-electron chi connectivity index (χ0n) is 14.8. The van der Waals surface area contributed by atoms with E-state index in [0.29, 0.717) is 5.11 Å². The zero-order valence-corrected chi connectivity index (χ0v) is 15.6. The number of nitrogens with one attached hydrogen (secondary N) is 4. The van der Waals surface area contributed by atoms with Gasteiger partial charge in [-0.3, -0.25) is 15.6 Å². The van der Waals surface area contributed by atoms with Crippen LogP contribution in [0.1, 0.15) is 0 Å². The van der Waals surface area contributed by atoms with E-state index >= 15 is 0 Å². The lowest BCUT2D eigenvalue weighted by Crippen LogP contribution is -2.45. The average Bonchev–Trinajstić information content (AvgIpc) is 2.72. The number of morpholine rings is 1. The number of benzene rings is 1.